The highest BCUT2D eigenvalue weighted by Gasteiger charge is 2.32. The molecule has 1 aliphatic rings. The van der Waals surface area contributed by atoms with E-state index in [1.807, 2.05) is 37.3 Å². The predicted molar refractivity (Wildman–Crippen MR) is 106 cm³/mol. The van der Waals surface area contributed by atoms with E-state index in [-0.39, 0.29) is 16.7 Å². The zero-order chi connectivity index (χ0) is 19.4. The smallest absolute Gasteiger partial charge is 0.243 e. The highest BCUT2D eigenvalue weighted by atomic mass is 35.5. The average Bonchev–Trinajstić information content (AvgIpc) is 2.70. The molecular formula is C20H23ClN2O3S. The van der Waals surface area contributed by atoms with Gasteiger partial charge in [-0.15, -0.1) is 0 Å². The summed E-state index contributed by atoms with van der Waals surface area (Å²) in [5.41, 5.74) is 1.00. The van der Waals surface area contributed by atoms with Gasteiger partial charge in [-0.3, -0.25) is 4.79 Å². The minimum atomic E-state index is -3.57. The summed E-state index contributed by atoms with van der Waals surface area (Å²) < 4.78 is 27.0. The number of halogens is 1. The Kier molecular flexibility index (Phi) is 6.19. The topological polar surface area (TPSA) is 57.7 Å². The summed E-state index contributed by atoms with van der Waals surface area (Å²) in [4.78, 5) is 14.9. The van der Waals surface area contributed by atoms with Gasteiger partial charge in [-0.25, -0.2) is 8.42 Å². The van der Waals surface area contributed by atoms with Crippen molar-refractivity contribution in [3.8, 4) is 0 Å². The number of piperazine rings is 1. The van der Waals surface area contributed by atoms with E-state index in [1.54, 1.807) is 17.0 Å². The molecule has 3 rings (SSSR count). The molecule has 0 unspecified atom stereocenters. The number of carbonyl (C=O) groups excluding carboxylic acids is 1. The first-order valence-corrected chi connectivity index (χ1v) is 10.8. The van der Waals surface area contributed by atoms with Crippen molar-refractivity contribution in [3.05, 3.63) is 65.2 Å². The number of amides is 1. The molecule has 2 aromatic rings. The van der Waals surface area contributed by atoms with Crippen LogP contribution in [-0.2, 0) is 14.8 Å². The van der Waals surface area contributed by atoms with Gasteiger partial charge in [0, 0.05) is 31.2 Å². The van der Waals surface area contributed by atoms with Gasteiger partial charge in [0.25, 0.3) is 0 Å². The summed E-state index contributed by atoms with van der Waals surface area (Å²) >= 11 is 5.84. The minimum absolute atomic E-state index is 0.0623. The largest absolute Gasteiger partial charge is 0.340 e. The predicted octanol–water partition coefficient (Wildman–Crippen LogP) is 3.37. The Morgan fingerprint density at radius 3 is 2.15 bits per heavy atom. The molecule has 0 bridgehead atoms. The summed E-state index contributed by atoms with van der Waals surface area (Å²) in [5, 5.41) is 0.496. The Morgan fingerprint density at radius 2 is 1.59 bits per heavy atom. The van der Waals surface area contributed by atoms with Crippen molar-refractivity contribution >= 4 is 27.5 Å². The summed E-state index contributed by atoms with van der Waals surface area (Å²) in [7, 11) is -3.57. The van der Waals surface area contributed by atoms with Crippen molar-refractivity contribution in [2.24, 2.45) is 0 Å². The summed E-state index contributed by atoms with van der Waals surface area (Å²) in [6, 6.07) is 15.9. The molecule has 1 atom stereocenters. The molecular weight excluding hydrogens is 384 g/mol. The molecule has 0 N–H and O–H groups in total. The van der Waals surface area contributed by atoms with E-state index in [0.717, 1.165) is 5.56 Å². The van der Waals surface area contributed by atoms with Crippen LogP contribution >= 0.6 is 11.6 Å². The Bertz CT molecular complexity index is 877. The molecule has 0 aliphatic carbocycles. The molecule has 1 saturated heterocycles. The number of rotatable bonds is 5. The van der Waals surface area contributed by atoms with Crippen molar-refractivity contribution in [2.75, 3.05) is 26.2 Å². The summed E-state index contributed by atoms with van der Waals surface area (Å²) in [5.74, 6) is -0.127. The van der Waals surface area contributed by atoms with Gasteiger partial charge < -0.3 is 4.90 Å². The molecule has 7 heteroatoms. The lowest BCUT2D eigenvalue weighted by molar-refractivity contribution is -0.134. The van der Waals surface area contributed by atoms with Gasteiger partial charge in [-0.2, -0.15) is 4.31 Å². The maximum atomic E-state index is 12.9. The number of hydrogen-bond acceptors (Lipinski definition) is 3. The minimum Gasteiger partial charge on any atom is -0.340 e. The molecule has 27 heavy (non-hydrogen) atoms. The van der Waals surface area contributed by atoms with Crippen LogP contribution in [0.15, 0.2) is 59.5 Å². The molecule has 5 nitrogen and oxygen atoms in total. The summed E-state index contributed by atoms with van der Waals surface area (Å²) in [6.45, 7) is 3.38. The van der Waals surface area contributed by atoms with Crippen molar-refractivity contribution < 1.29 is 13.2 Å². The van der Waals surface area contributed by atoms with E-state index < -0.39 is 10.0 Å². The van der Waals surface area contributed by atoms with Crippen molar-refractivity contribution in [2.45, 2.75) is 24.2 Å². The SMILES string of the molecule is CC[C@H](C(=O)N1CCN(S(=O)(=O)c2ccc(Cl)cc2)CC1)c1ccccc1. The Hall–Kier alpha value is -1.89. The second-order valence-electron chi connectivity index (χ2n) is 6.55. The van der Waals surface area contributed by atoms with E-state index in [2.05, 4.69) is 0 Å². The van der Waals surface area contributed by atoms with Gasteiger partial charge in [-0.05, 0) is 36.2 Å². The average molecular weight is 407 g/mol. The van der Waals surface area contributed by atoms with E-state index in [4.69, 9.17) is 11.6 Å². The highest BCUT2D eigenvalue weighted by Crippen LogP contribution is 2.24. The molecule has 0 radical (unpaired) electrons. The van der Waals surface area contributed by atoms with Gasteiger partial charge in [0.1, 0.15) is 0 Å². The maximum absolute atomic E-state index is 12.9. The third-order valence-corrected chi connectivity index (χ3v) is 7.07. The third kappa shape index (κ3) is 4.34. The highest BCUT2D eigenvalue weighted by molar-refractivity contribution is 7.89. The normalized spacial score (nSPS) is 16.9. The van der Waals surface area contributed by atoms with Crippen LogP contribution in [0.5, 0.6) is 0 Å². The Labute approximate surface area is 165 Å². The number of nitrogens with zero attached hydrogens (tertiary/aromatic N) is 2. The zero-order valence-electron chi connectivity index (χ0n) is 15.2. The lowest BCUT2D eigenvalue weighted by Gasteiger charge is -2.35. The Morgan fingerprint density at radius 1 is 1.00 bits per heavy atom. The molecule has 2 aromatic carbocycles. The third-order valence-electron chi connectivity index (χ3n) is 4.91. The van der Waals surface area contributed by atoms with Crippen molar-refractivity contribution in [3.63, 3.8) is 0 Å². The van der Waals surface area contributed by atoms with Crippen LogP contribution in [0.25, 0.3) is 0 Å². The molecule has 1 fully saturated rings. The van der Waals surface area contributed by atoms with Crippen LogP contribution in [0.4, 0.5) is 0 Å². The van der Waals surface area contributed by atoms with Crippen molar-refractivity contribution in [1.29, 1.82) is 0 Å². The molecule has 0 aromatic heterocycles. The van der Waals surface area contributed by atoms with Crippen molar-refractivity contribution in [1.82, 2.24) is 9.21 Å². The van der Waals surface area contributed by atoms with Gasteiger partial charge in [0.15, 0.2) is 0 Å². The van der Waals surface area contributed by atoms with Crippen LogP contribution in [0.3, 0.4) is 0 Å². The number of hydrogen-bond donors (Lipinski definition) is 0. The van der Waals surface area contributed by atoms with E-state index >= 15 is 0 Å². The van der Waals surface area contributed by atoms with Crippen LogP contribution in [0.1, 0.15) is 24.8 Å². The van der Waals surface area contributed by atoms with E-state index in [0.29, 0.717) is 37.6 Å². The fraction of sp³-hybridized carbons (Fsp3) is 0.350. The monoisotopic (exact) mass is 406 g/mol. The zero-order valence-corrected chi connectivity index (χ0v) is 16.8. The fourth-order valence-corrected chi connectivity index (χ4v) is 4.91. The molecule has 1 amide bonds. The summed E-state index contributed by atoms with van der Waals surface area (Å²) in [6.07, 6.45) is 0.714. The van der Waals surface area contributed by atoms with Crippen LogP contribution < -0.4 is 0 Å². The van der Waals surface area contributed by atoms with Crippen LogP contribution in [0.2, 0.25) is 5.02 Å². The lowest BCUT2D eigenvalue weighted by Crippen LogP contribution is -2.51. The van der Waals surface area contributed by atoms with Gasteiger partial charge in [0.05, 0.1) is 10.8 Å². The number of benzene rings is 2. The number of sulfonamides is 1. The lowest BCUT2D eigenvalue weighted by atomic mass is 9.95. The first-order valence-electron chi connectivity index (χ1n) is 9.03. The van der Waals surface area contributed by atoms with Gasteiger partial charge in [-0.1, -0.05) is 48.9 Å². The van der Waals surface area contributed by atoms with E-state index in [1.165, 1.54) is 16.4 Å². The number of carbonyl (C=O) groups is 1. The maximum Gasteiger partial charge on any atom is 0.243 e. The van der Waals surface area contributed by atoms with Gasteiger partial charge >= 0.3 is 0 Å². The second kappa shape index (κ2) is 8.42. The molecule has 0 saturated carbocycles. The quantitative estimate of drug-likeness (QED) is 0.764. The molecule has 0 spiro atoms. The molecule has 144 valence electrons. The first-order chi connectivity index (χ1) is 12.9. The standard InChI is InChI=1S/C20H23ClN2O3S/c1-2-19(16-6-4-3-5-7-16)20(24)22-12-14-23(15-13-22)27(25,26)18-10-8-17(21)9-11-18/h3-11,19H,2,12-15H2,1H3/t19-/m0/s1. The Balaban J connectivity index is 1.67. The second-order valence-corrected chi connectivity index (χ2v) is 8.93. The fourth-order valence-electron chi connectivity index (χ4n) is 3.36. The van der Waals surface area contributed by atoms with Gasteiger partial charge in [0.2, 0.25) is 15.9 Å². The molecule has 1 aliphatic heterocycles. The van der Waals surface area contributed by atoms with E-state index in [9.17, 15) is 13.2 Å². The molecule has 1 heterocycles. The van der Waals surface area contributed by atoms with Crippen LogP contribution in [-0.4, -0.2) is 49.7 Å². The van der Waals surface area contributed by atoms with Crippen LogP contribution in [0, 0.1) is 0 Å². The first kappa shape index (κ1) is 19.9.